The van der Waals surface area contributed by atoms with Crippen LogP contribution >= 0.6 is 55.1 Å². The molecule has 0 bridgehead atoms. The Kier molecular flexibility index (Phi) is 11.2. The van der Waals surface area contributed by atoms with Gasteiger partial charge in [0.1, 0.15) is 11.1 Å². The number of hydrogen-bond donors (Lipinski definition) is 0. The topological polar surface area (TPSA) is 9.23 Å². The molecule has 0 aliphatic rings. The lowest BCUT2D eigenvalue weighted by atomic mass is 10.3. The van der Waals surface area contributed by atoms with E-state index in [1.54, 1.807) is 0 Å². The standard InChI is InChI=1S/C8H14Br2Cl2O/c9-5-1-3-7(11)13-8(12)4-2-6-10/h7-8H,1-6H2. The minimum absolute atomic E-state index is 0.254. The van der Waals surface area contributed by atoms with Crippen molar-refractivity contribution >= 4 is 55.1 Å². The van der Waals surface area contributed by atoms with E-state index in [0.717, 1.165) is 36.3 Å². The molecular formula is C8H14Br2Cl2O. The van der Waals surface area contributed by atoms with Gasteiger partial charge < -0.3 is 4.74 Å². The molecule has 0 saturated carbocycles. The van der Waals surface area contributed by atoms with Gasteiger partial charge in [0.25, 0.3) is 0 Å². The second kappa shape index (κ2) is 10.0. The quantitative estimate of drug-likeness (QED) is 0.582. The van der Waals surface area contributed by atoms with E-state index in [-0.39, 0.29) is 11.1 Å². The maximum Gasteiger partial charge on any atom is 0.133 e. The van der Waals surface area contributed by atoms with Gasteiger partial charge in [-0.1, -0.05) is 55.1 Å². The predicted molar refractivity (Wildman–Crippen MR) is 66.4 cm³/mol. The van der Waals surface area contributed by atoms with Crippen LogP contribution in [0.15, 0.2) is 0 Å². The fraction of sp³-hybridized carbons (Fsp3) is 1.00. The van der Waals surface area contributed by atoms with Crippen LogP contribution < -0.4 is 0 Å². The largest absolute Gasteiger partial charge is 0.344 e. The van der Waals surface area contributed by atoms with Gasteiger partial charge in [-0.15, -0.1) is 0 Å². The summed E-state index contributed by atoms with van der Waals surface area (Å²) in [6, 6.07) is 0. The minimum atomic E-state index is -0.254. The third-order valence-electron chi connectivity index (χ3n) is 1.42. The van der Waals surface area contributed by atoms with Crippen LogP contribution in [0.25, 0.3) is 0 Å². The van der Waals surface area contributed by atoms with Gasteiger partial charge in [0.15, 0.2) is 0 Å². The van der Waals surface area contributed by atoms with E-state index < -0.39 is 0 Å². The summed E-state index contributed by atoms with van der Waals surface area (Å²) < 4.78 is 5.34. The van der Waals surface area contributed by atoms with Crippen LogP contribution in [0.3, 0.4) is 0 Å². The summed E-state index contributed by atoms with van der Waals surface area (Å²) in [6.07, 6.45) is 3.70. The van der Waals surface area contributed by atoms with Crippen LogP contribution in [0.4, 0.5) is 0 Å². The lowest BCUT2D eigenvalue weighted by Gasteiger charge is -2.14. The average molecular weight is 357 g/mol. The van der Waals surface area contributed by atoms with Gasteiger partial charge in [0.05, 0.1) is 0 Å². The molecule has 5 heteroatoms. The summed E-state index contributed by atoms with van der Waals surface area (Å²) >= 11 is 18.5. The Hall–Kier alpha value is 1.50. The number of hydrogen-bond acceptors (Lipinski definition) is 1. The van der Waals surface area contributed by atoms with Crippen LogP contribution in [0.2, 0.25) is 0 Å². The first-order valence-corrected chi connectivity index (χ1v) is 7.37. The molecule has 0 radical (unpaired) electrons. The fourth-order valence-corrected chi connectivity index (χ4v) is 2.03. The van der Waals surface area contributed by atoms with Crippen molar-refractivity contribution in [1.82, 2.24) is 0 Å². The molecule has 0 aromatic heterocycles. The Morgan fingerprint density at radius 1 is 0.923 bits per heavy atom. The fourth-order valence-electron chi connectivity index (χ4n) is 0.772. The third-order valence-corrected chi connectivity index (χ3v) is 3.19. The van der Waals surface area contributed by atoms with Crippen LogP contribution in [-0.2, 0) is 4.74 Å². The highest BCUT2D eigenvalue weighted by atomic mass is 79.9. The molecular weight excluding hydrogens is 343 g/mol. The zero-order chi connectivity index (χ0) is 10.1. The van der Waals surface area contributed by atoms with Crippen LogP contribution in [0, 0.1) is 0 Å². The van der Waals surface area contributed by atoms with Crippen molar-refractivity contribution in [2.24, 2.45) is 0 Å². The smallest absolute Gasteiger partial charge is 0.133 e. The zero-order valence-electron chi connectivity index (χ0n) is 7.32. The van der Waals surface area contributed by atoms with Crippen molar-refractivity contribution < 1.29 is 4.74 Å². The molecule has 1 nitrogen and oxygen atoms in total. The molecule has 0 saturated heterocycles. The second-order valence-electron chi connectivity index (χ2n) is 2.62. The van der Waals surface area contributed by atoms with Crippen LogP contribution in [0.5, 0.6) is 0 Å². The number of rotatable bonds is 8. The van der Waals surface area contributed by atoms with Crippen molar-refractivity contribution in [1.29, 1.82) is 0 Å². The summed E-state index contributed by atoms with van der Waals surface area (Å²) in [5, 5.41) is 1.90. The zero-order valence-corrected chi connectivity index (χ0v) is 12.0. The molecule has 0 aliphatic heterocycles. The van der Waals surface area contributed by atoms with Gasteiger partial charge in [-0.2, -0.15) is 0 Å². The molecule has 0 aromatic carbocycles. The minimum Gasteiger partial charge on any atom is -0.344 e. The van der Waals surface area contributed by atoms with Gasteiger partial charge in [0, 0.05) is 10.7 Å². The number of alkyl halides is 4. The van der Waals surface area contributed by atoms with Crippen molar-refractivity contribution in [3.63, 3.8) is 0 Å². The SMILES string of the molecule is ClC(CCCBr)OC(Cl)CCCBr. The predicted octanol–water partition coefficient (Wildman–Crippen LogP) is 4.48. The molecule has 0 fully saturated rings. The normalized spacial score (nSPS) is 15.7. The first-order chi connectivity index (χ1) is 6.20. The molecule has 0 amide bonds. The summed E-state index contributed by atoms with van der Waals surface area (Å²) in [6.45, 7) is 0. The van der Waals surface area contributed by atoms with E-state index in [1.807, 2.05) is 0 Å². The first-order valence-electron chi connectivity index (χ1n) is 4.26. The Morgan fingerprint density at radius 2 is 1.31 bits per heavy atom. The van der Waals surface area contributed by atoms with E-state index >= 15 is 0 Å². The Labute approximate surface area is 107 Å². The average Bonchev–Trinajstić information content (AvgIpc) is 2.11. The highest BCUT2D eigenvalue weighted by Crippen LogP contribution is 2.16. The molecule has 13 heavy (non-hydrogen) atoms. The Balaban J connectivity index is 3.35. The molecule has 80 valence electrons. The van der Waals surface area contributed by atoms with Crippen molar-refractivity contribution in [2.75, 3.05) is 10.7 Å². The Bertz CT molecular complexity index is 104. The van der Waals surface area contributed by atoms with Crippen LogP contribution in [0.1, 0.15) is 25.7 Å². The molecule has 2 unspecified atom stereocenters. The summed E-state index contributed by atoms with van der Waals surface area (Å²) in [4.78, 5) is 0. The summed E-state index contributed by atoms with van der Waals surface area (Å²) in [5.74, 6) is 0. The molecule has 0 spiro atoms. The molecule has 0 aliphatic carbocycles. The number of halogens is 4. The summed E-state index contributed by atoms with van der Waals surface area (Å²) in [5.41, 5.74) is -0.509. The van der Waals surface area contributed by atoms with Crippen molar-refractivity contribution in [2.45, 2.75) is 36.8 Å². The molecule has 2 atom stereocenters. The van der Waals surface area contributed by atoms with Gasteiger partial charge in [-0.3, -0.25) is 0 Å². The molecule has 0 N–H and O–H groups in total. The molecule has 0 rings (SSSR count). The van der Waals surface area contributed by atoms with Gasteiger partial charge >= 0.3 is 0 Å². The van der Waals surface area contributed by atoms with Gasteiger partial charge in [0.2, 0.25) is 0 Å². The lowest BCUT2D eigenvalue weighted by molar-refractivity contribution is 0.0718. The Morgan fingerprint density at radius 3 is 1.62 bits per heavy atom. The van der Waals surface area contributed by atoms with Gasteiger partial charge in [-0.05, 0) is 25.7 Å². The maximum absolute atomic E-state index is 5.89. The first kappa shape index (κ1) is 14.5. The van der Waals surface area contributed by atoms with E-state index in [0.29, 0.717) is 0 Å². The monoisotopic (exact) mass is 354 g/mol. The van der Waals surface area contributed by atoms with Crippen molar-refractivity contribution in [3.8, 4) is 0 Å². The third kappa shape index (κ3) is 9.80. The maximum atomic E-state index is 5.89. The van der Waals surface area contributed by atoms with Gasteiger partial charge in [-0.25, -0.2) is 0 Å². The van der Waals surface area contributed by atoms with E-state index in [2.05, 4.69) is 31.9 Å². The van der Waals surface area contributed by atoms with Crippen molar-refractivity contribution in [3.05, 3.63) is 0 Å². The highest BCUT2D eigenvalue weighted by Gasteiger charge is 2.10. The van der Waals surface area contributed by atoms with E-state index in [1.165, 1.54) is 0 Å². The lowest BCUT2D eigenvalue weighted by Crippen LogP contribution is -2.13. The molecule has 0 aromatic rings. The highest BCUT2D eigenvalue weighted by molar-refractivity contribution is 9.09. The second-order valence-corrected chi connectivity index (χ2v) is 5.18. The van der Waals surface area contributed by atoms with E-state index in [9.17, 15) is 0 Å². The summed E-state index contributed by atoms with van der Waals surface area (Å²) in [7, 11) is 0. The number of ether oxygens (including phenoxy) is 1. The van der Waals surface area contributed by atoms with E-state index in [4.69, 9.17) is 27.9 Å². The molecule has 0 heterocycles. The van der Waals surface area contributed by atoms with Crippen LogP contribution in [-0.4, -0.2) is 21.8 Å².